The summed E-state index contributed by atoms with van der Waals surface area (Å²) in [4.78, 5) is 0. The molecule has 0 amide bonds. The Labute approximate surface area is 180 Å². The zero-order chi connectivity index (χ0) is 21.8. The zero-order valence-corrected chi connectivity index (χ0v) is 24.9. The first-order valence-corrected chi connectivity index (χ1v) is 25.2. The summed E-state index contributed by atoms with van der Waals surface area (Å²) >= 11 is 0. The molecule has 0 heterocycles. The van der Waals surface area contributed by atoms with Crippen LogP contribution in [0.4, 0.5) is 0 Å². The molecule has 0 bridgehead atoms. The quantitative estimate of drug-likeness (QED) is 0.397. The molecule has 0 radical (unpaired) electrons. The lowest BCUT2D eigenvalue weighted by Gasteiger charge is -2.64. The molecule has 1 aromatic rings. The second-order valence-electron chi connectivity index (χ2n) is 13.2. The molecule has 1 atom stereocenters. The van der Waals surface area contributed by atoms with Crippen LogP contribution in [0, 0.1) is 0 Å². The smallest absolute Gasteiger partial charge is 0.0718 e. The van der Waals surface area contributed by atoms with E-state index in [1.165, 1.54) is 12.8 Å². The monoisotopic (exact) mass is 446 g/mol. The summed E-state index contributed by atoms with van der Waals surface area (Å²) in [6, 6.07) is 11.6. The van der Waals surface area contributed by atoms with Gasteiger partial charge >= 0.3 is 0 Å². The second kappa shape index (κ2) is 7.51. The van der Waals surface area contributed by atoms with Gasteiger partial charge in [0.2, 0.25) is 0 Å². The Balaban J connectivity index is 3.06. The van der Waals surface area contributed by atoms with E-state index in [1.54, 1.807) is 5.56 Å². The van der Waals surface area contributed by atoms with Crippen LogP contribution < -0.4 is 0 Å². The summed E-state index contributed by atoms with van der Waals surface area (Å²) in [5.74, 6) is 0.717. The Hall–Kier alpha value is -0.172. The van der Waals surface area contributed by atoms with Crippen LogP contribution in [0.5, 0.6) is 0 Å². The first-order chi connectivity index (χ1) is 12.5. The highest BCUT2D eigenvalue weighted by Gasteiger charge is 2.63. The maximum absolute atomic E-state index is 2.70. The lowest BCUT2D eigenvalue weighted by molar-refractivity contribution is 0.534. The van der Waals surface area contributed by atoms with E-state index in [2.05, 4.69) is 114 Å². The SMILES string of the molecule is C[Si](C)(C)C1=C([Si](C)(C)C)C([Si](C)(C)C)([Si](C)(C)C)C(c2ccccc2)CC1. The van der Waals surface area contributed by atoms with Gasteiger partial charge in [-0.2, -0.15) is 0 Å². The van der Waals surface area contributed by atoms with Gasteiger partial charge in [0, 0.05) is 0 Å². The van der Waals surface area contributed by atoms with Crippen LogP contribution in [0.15, 0.2) is 40.7 Å². The van der Waals surface area contributed by atoms with Gasteiger partial charge in [0.25, 0.3) is 0 Å². The fraction of sp³-hybridized carbons (Fsp3) is 0.667. The molecule has 0 fully saturated rings. The lowest BCUT2D eigenvalue weighted by Crippen LogP contribution is -2.63. The van der Waals surface area contributed by atoms with Crippen molar-refractivity contribution in [3.63, 3.8) is 0 Å². The lowest BCUT2D eigenvalue weighted by atomic mass is 9.86. The van der Waals surface area contributed by atoms with Gasteiger partial charge in [-0.3, -0.25) is 0 Å². The predicted molar refractivity (Wildman–Crippen MR) is 142 cm³/mol. The summed E-state index contributed by atoms with van der Waals surface area (Å²) in [6.07, 6.45) is 2.72. The average Bonchev–Trinajstić information content (AvgIpc) is 2.50. The Morgan fingerprint density at radius 1 is 0.679 bits per heavy atom. The van der Waals surface area contributed by atoms with Crippen molar-refractivity contribution in [1.29, 1.82) is 0 Å². The van der Waals surface area contributed by atoms with Crippen molar-refractivity contribution < 1.29 is 0 Å². The molecule has 1 aliphatic carbocycles. The molecule has 1 aliphatic rings. The molecule has 0 nitrogen and oxygen atoms in total. The molecule has 158 valence electrons. The molecule has 0 spiro atoms. The van der Waals surface area contributed by atoms with Gasteiger partial charge in [-0.1, -0.05) is 119 Å². The minimum absolute atomic E-state index is 0.458. The number of benzene rings is 1. The highest BCUT2D eigenvalue weighted by atomic mass is 28.4. The molecule has 0 aromatic heterocycles. The molecule has 0 saturated carbocycles. The summed E-state index contributed by atoms with van der Waals surface area (Å²) in [5, 5.41) is 4.03. The predicted octanol–water partition coefficient (Wildman–Crippen LogP) is 8.57. The molecule has 0 saturated heterocycles. The molecule has 0 aliphatic heterocycles. The minimum atomic E-state index is -1.52. The van der Waals surface area contributed by atoms with Crippen molar-refractivity contribution in [1.82, 2.24) is 0 Å². The van der Waals surface area contributed by atoms with Crippen LogP contribution in [-0.2, 0) is 0 Å². The number of hydrogen-bond acceptors (Lipinski definition) is 0. The van der Waals surface area contributed by atoms with E-state index in [0.717, 1.165) is 0 Å². The Bertz CT molecular complexity index is 705. The van der Waals surface area contributed by atoms with Crippen molar-refractivity contribution in [2.24, 2.45) is 0 Å². The highest BCUT2D eigenvalue weighted by Crippen LogP contribution is 2.68. The van der Waals surface area contributed by atoms with Crippen LogP contribution in [0.3, 0.4) is 0 Å². The minimum Gasteiger partial charge on any atom is -0.0855 e. The van der Waals surface area contributed by atoms with Gasteiger partial charge in [0.15, 0.2) is 0 Å². The number of hydrogen-bond donors (Lipinski definition) is 0. The number of allylic oxidation sites excluding steroid dienone is 2. The highest BCUT2D eigenvalue weighted by molar-refractivity contribution is 7.04. The maximum atomic E-state index is 2.70. The molecule has 28 heavy (non-hydrogen) atoms. The Kier molecular flexibility index (Phi) is 6.46. The second-order valence-corrected chi connectivity index (χ2v) is 34.3. The largest absolute Gasteiger partial charge is 0.0855 e. The van der Waals surface area contributed by atoms with Crippen molar-refractivity contribution in [2.75, 3.05) is 0 Å². The van der Waals surface area contributed by atoms with Gasteiger partial charge in [-0.05, 0) is 29.0 Å². The third-order valence-corrected chi connectivity index (χ3v) is 22.8. The van der Waals surface area contributed by atoms with Gasteiger partial charge < -0.3 is 0 Å². The first kappa shape index (κ1) is 24.1. The van der Waals surface area contributed by atoms with E-state index in [4.69, 9.17) is 0 Å². The molecule has 1 unspecified atom stereocenters. The van der Waals surface area contributed by atoms with E-state index >= 15 is 0 Å². The van der Waals surface area contributed by atoms with E-state index < -0.39 is 32.3 Å². The van der Waals surface area contributed by atoms with Gasteiger partial charge in [0.05, 0.1) is 32.3 Å². The van der Waals surface area contributed by atoms with Crippen LogP contribution in [0.25, 0.3) is 0 Å². The van der Waals surface area contributed by atoms with Crippen LogP contribution >= 0.6 is 0 Å². The third kappa shape index (κ3) is 4.03. The van der Waals surface area contributed by atoms with E-state index in [1.807, 2.05) is 5.20 Å². The first-order valence-electron chi connectivity index (χ1n) is 11.2. The van der Waals surface area contributed by atoms with Crippen molar-refractivity contribution in [3.8, 4) is 0 Å². The summed E-state index contributed by atoms with van der Waals surface area (Å²) in [5.41, 5.74) is 1.62. The van der Waals surface area contributed by atoms with Crippen molar-refractivity contribution in [3.05, 3.63) is 46.3 Å². The van der Waals surface area contributed by atoms with Gasteiger partial charge in [-0.15, -0.1) is 0 Å². The Morgan fingerprint density at radius 2 is 1.14 bits per heavy atom. The van der Waals surface area contributed by atoms with Crippen LogP contribution in [0.2, 0.25) is 83.2 Å². The van der Waals surface area contributed by atoms with Crippen molar-refractivity contribution in [2.45, 2.75) is 102 Å². The summed E-state index contributed by atoms with van der Waals surface area (Å²) < 4.78 is 0.458. The fourth-order valence-electron chi connectivity index (χ4n) is 6.86. The fourth-order valence-corrected chi connectivity index (χ4v) is 31.6. The molecule has 2 rings (SSSR count). The molecular formula is C24H46Si4. The zero-order valence-electron chi connectivity index (χ0n) is 20.9. The standard InChI is InChI=1S/C24H46Si4/c1-25(2,3)22-19-18-21(20-16-14-13-15-17-20)24(27(7,8)9,28(10,11)12)23(22)26(4,5)6/h13-17,21H,18-19H2,1-12H3. The van der Waals surface area contributed by atoms with E-state index in [9.17, 15) is 0 Å². The normalized spacial score (nSPS) is 21.8. The van der Waals surface area contributed by atoms with Gasteiger partial charge in [0.1, 0.15) is 0 Å². The van der Waals surface area contributed by atoms with E-state index in [-0.39, 0.29) is 0 Å². The molecule has 0 N–H and O–H groups in total. The molecule has 1 aromatic carbocycles. The Morgan fingerprint density at radius 3 is 1.50 bits per heavy atom. The molecule has 4 heteroatoms. The number of rotatable bonds is 5. The van der Waals surface area contributed by atoms with Crippen LogP contribution in [0.1, 0.15) is 24.3 Å². The molecular weight excluding hydrogens is 401 g/mol. The van der Waals surface area contributed by atoms with Crippen molar-refractivity contribution >= 4 is 32.3 Å². The topological polar surface area (TPSA) is 0 Å². The summed E-state index contributed by atoms with van der Waals surface area (Å²) in [6.45, 7) is 32.0. The third-order valence-electron chi connectivity index (χ3n) is 7.13. The van der Waals surface area contributed by atoms with Crippen LogP contribution in [-0.4, -0.2) is 32.3 Å². The maximum Gasteiger partial charge on any atom is 0.0718 e. The average molecular weight is 447 g/mol. The van der Waals surface area contributed by atoms with E-state index in [0.29, 0.717) is 10.6 Å². The van der Waals surface area contributed by atoms with Gasteiger partial charge in [-0.25, -0.2) is 0 Å². The summed E-state index contributed by atoms with van der Waals surface area (Å²) in [7, 11) is -5.86.